The first kappa shape index (κ1) is 7.33. The quantitative estimate of drug-likeness (QED) is 0.689. The largest absolute Gasteiger partial charge is 0.364 e. The van der Waals surface area contributed by atoms with Crippen molar-refractivity contribution >= 4 is 5.69 Å². The van der Waals surface area contributed by atoms with Gasteiger partial charge in [0.25, 0.3) is 0 Å². The summed E-state index contributed by atoms with van der Waals surface area (Å²) >= 11 is 0. The minimum atomic E-state index is -0.145. The van der Waals surface area contributed by atoms with Crippen molar-refractivity contribution in [2.24, 2.45) is 0 Å². The van der Waals surface area contributed by atoms with Crippen LogP contribution in [0.2, 0.25) is 0 Å². The van der Waals surface area contributed by atoms with Crippen LogP contribution in [-0.2, 0) is 0 Å². The fourth-order valence-corrected chi connectivity index (χ4v) is 2.06. The molecule has 2 heterocycles. The van der Waals surface area contributed by atoms with Gasteiger partial charge in [0.1, 0.15) is 5.82 Å². The van der Waals surface area contributed by atoms with E-state index in [1.807, 2.05) is 6.07 Å². The minimum absolute atomic E-state index is 0.145. The van der Waals surface area contributed by atoms with E-state index in [1.165, 1.54) is 6.07 Å². The number of fused-ring (bicyclic) bond motifs is 1. The van der Waals surface area contributed by atoms with Gasteiger partial charge in [-0.15, -0.1) is 0 Å². The van der Waals surface area contributed by atoms with Crippen LogP contribution in [0.3, 0.4) is 0 Å². The summed E-state index contributed by atoms with van der Waals surface area (Å²) in [5.41, 5.74) is 1.02. The highest BCUT2D eigenvalue weighted by molar-refractivity contribution is 5.53. The lowest BCUT2D eigenvalue weighted by atomic mass is 9.88. The van der Waals surface area contributed by atoms with Gasteiger partial charge in [0.15, 0.2) is 0 Å². The topological polar surface area (TPSA) is 15.3 Å². The van der Waals surface area contributed by atoms with E-state index in [4.69, 9.17) is 0 Å². The Labute approximate surface area is 76.4 Å². The van der Waals surface area contributed by atoms with Gasteiger partial charge in [-0.2, -0.15) is 0 Å². The molecule has 2 aliphatic heterocycles. The lowest BCUT2D eigenvalue weighted by Gasteiger charge is -2.57. The van der Waals surface area contributed by atoms with Gasteiger partial charge in [-0.1, -0.05) is 6.07 Å². The molecule has 0 bridgehead atoms. The molecule has 0 radical (unpaired) electrons. The maximum Gasteiger partial charge on any atom is 0.125 e. The van der Waals surface area contributed by atoms with Gasteiger partial charge in [0.05, 0.1) is 6.04 Å². The molecule has 2 fully saturated rings. The maximum absolute atomic E-state index is 12.9. The molecule has 2 aliphatic rings. The summed E-state index contributed by atoms with van der Waals surface area (Å²) in [5.74, 6) is -0.145. The molecule has 3 rings (SSSR count). The Morgan fingerprint density at radius 2 is 2.38 bits per heavy atom. The van der Waals surface area contributed by atoms with Crippen molar-refractivity contribution in [1.82, 2.24) is 5.32 Å². The van der Waals surface area contributed by atoms with Gasteiger partial charge in [-0.25, -0.2) is 4.39 Å². The van der Waals surface area contributed by atoms with Crippen molar-refractivity contribution in [3.05, 3.63) is 30.1 Å². The van der Waals surface area contributed by atoms with Gasteiger partial charge in [-0.3, -0.25) is 0 Å². The van der Waals surface area contributed by atoms with Gasteiger partial charge in [-0.05, 0) is 18.2 Å². The summed E-state index contributed by atoms with van der Waals surface area (Å²) in [7, 11) is 0. The summed E-state index contributed by atoms with van der Waals surface area (Å²) in [4.78, 5) is 2.25. The molecule has 2 atom stereocenters. The van der Waals surface area contributed by atoms with Crippen molar-refractivity contribution in [1.29, 1.82) is 0 Å². The van der Waals surface area contributed by atoms with Crippen molar-refractivity contribution in [2.45, 2.75) is 12.1 Å². The second kappa shape index (κ2) is 2.45. The highest BCUT2D eigenvalue weighted by atomic mass is 19.1. The highest BCUT2D eigenvalue weighted by Gasteiger charge is 2.45. The van der Waals surface area contributed by atoms with Crippen LogP contribution in [0.1, 0.15) is 0 Å². The van der Waals surface area contributed by atoms with Crippen LogP contribution in [0.15, 0.2) is 24.3 Å². The first-order chi connectivity index (χ1) is 6.34. The first-order valence-corrected chi connectivity index (χ1v) is 4.60. The molecule has 0 saturated carbocycles. The summed E-state index contributed by atoms with van der Waals surface area (Å²) < 4.78 is 12.9. The molecule has 1 aromatic carbocycles. The van der Waals surface area contributed by atoms with Gasteiger partial charge in [0.2, 0.25) is 0 Å². The van der Waals surface area contributed by atoms with Crippen molar-refractivity contribution in [2.75, 3.05) is 18.0 Å². The Bertz CT molecular complexity index is 339. The molecule has 2 unspecified atom stereocenters. The first-order valence-electron chi connectivity index (χ1n) is 4.60. The van der Waals surface area contributed by atoms with E-state index in [0.717, 1.165) is 18.8 Å². The third kappa shape index (κ3) is 0.968. The zero-order valence-electron chi connectivity index (χ0n) is 7.20. The normalized spacial score (nSPS) is 30.4. The van der Waals surface area contributed by atoms with E-state index in [2.05, 4.69) is 10.2 Å². The molecule has 0 spiro atoms. The Balaban J connectivity index is 1.85. The average molecular weight is 178 g/mol. The molecule has 0 aliphatic carbocycles. The Morgan fingerprint density at radius 3 is 2.92 bits per heavy atom. The zero-order valence-corrected chi connectivity index (χ0v) is 7.20. The lowest BCUT2D eigenvalue weighted by Crippen LogP contribution is -2.78. The summed E-state index contributed by atoms with van der Waals surface area (Å²) in [6.07, 6.45) is 0. The van der Waals surface area contributed by atoms with Crippen molar-refractivity contribution < 1.29 is 4.39 Å². The number of rotatable bonds is 1. The minimum Gasteiger partial charge on any atom is -0.364 e. The average Bonchev–Trinajstić information content (AvgIpc) is 2.10. The van der Waals surface area contributed by atoms with Crippen LogP contribution in [0.4, 0.5) is 10.1 Å². The van der Waals surface area contributed by atoms with Crippen molar-refractivity contribution in [3.8, 4) is 0 Å². The predicted molar refractivity (Wildman–Crippen MR) is 49.3 cm³/mol. The fraction of sp³-hybridized carbons (Fsp3) is 0.400. The molecular weight excluding hydrogens is 167 g/mol. The number of nitrogens with zero attached hydrogens (tertiary/aromatic N) is 1. The van der Waals surface area contributed by atoms with E-state index in [-0.39, 0.29) is 5.82 Å². The third-order valence-corrected chi connectivity index (χ3v) is 2.99. The molecule has 68 valence electrons. The van der Waals surface area contributed by atoms with Crippen LogP contribution in [-0.4, -0.2) is 25.2 Å². The number of anilines is 1. The number of piperazine rings is 1. The van der Waals surface area contributed by atoms with Crippen LogP contribution in [0.25, 0.3) is 0 Å². The van der Waals surface area contributed by atoms with Crippen LogP contribution in [0, 0.1) is 5.82 Å². The maximum atomic E-state index is 12.9. The highest BCUT2D eigenvalue weighted by Crippen LogP contribution is 2.30. The van der Waals surface area contributed by atoms with E-state index in [1.54, 1.807) is 12.1 Å². The smallest absolute Gasteiger partial charge is 0.125 e. The Hall–Kier alpha value is -1.09. The Kier molecular flexibility index (Phi) is 1.38. The van der Waals surface area contributed by atoms with Crippen LogP contribution in [0.5, 0.6) is 0 Å². The summed E-state index contributed by atoms with van der Waals surface area (Å²) in [6.45, 7) is 2.06. The molecule has 1 N–H and O–H groups in total. The van der Waals surface area contributed by atoms with E-state index in [0.29, 0.717) is 12.1 Å². The van der Waals surface area contributed by atoms with Gasteiger partial charge >= 0.3 is 0 Å². The lowest BCUT2D eigenvalue weighted by molar-refractivity contribution is 0.213. The number of halogens is 1. The van der Waals surface area contributed by atoms with E-state index in [9.17, 15) is 4.39 Å². The standard InChI is InChI=1S/C10H11FN2/c11-7-2-1-3-8(4-7)13-6-9-10(13)5-12-9/h1-4,9-10,12H,5-6H2. The number of nitrogens with one attached hydrogen (secondary N) is 1. The monoisotopic (exact) mass is 178 g/mol. The Morgan fingerprint density at radius 1 is 1.46 bits per heavy atom. The van der Waals surface area contributed by atoms with E-state index >= 15 is 0 Å². The number of hydrogen-bond donors (Lipinski definition) is 1. The summed E-state index contributed by atoms with van der Waals surface area (Å²) in [5, 5.41) is 3.32. The molecule has 13 heavy (non-hydrogen) atoms. The van der Waals surface area contributed by atoms with Crippen LogP contribution >= 0.6 is 0 Å². The number of hydrogen-bond acceptors (Lipinski definition) is 2. The third-order valence-electron chi connectivity index (χ3n) is 2.99. The molecule has 3 heteroatoms. The predicted octanol–water partition coefficient (Wildman–Crippen LogP) is 0.986. The number of benzene rings is 1. The fourth-order valence-electron chi connectivity index (χ4n) is 2.06. The van der Waals surface area contributed by atoms with Crippen molar-refractivity contribution in [3.63, 3.8) is 0 Å². The second-order valence-electron chi connectivity index (χ2n) is 3.71. The summed E-state index contributed by atoms with van der Waals surface area (Å²) in [6, 6.07) is 8.10. The van der Waals surface area contributed by atoms with E-state index < -0.39 is 0 Å². The molecule has 0 amide bonds. The zero-order chi connectivity index (χ0) is 8.84. The van der Waals surface area contributed by atoms with Gasteiger partial charge in [0, 0.05) is 24.8 Å². The van der Waals surface area contributed by atoms with Gasteiger partial charge < -0.3 is 10.2 Å². The molecule has 2 nitrogen and oxygen atoms in total. The second-order valence-corrected chi connectivity index (χ2v) is 3.71. The SMILES string of the molecule is Fc1cccc(N2CC3NCC32)c1. The molecule has 0 aromatic heterocycles. The molecular formula is C10H11FN2. The molecule has 1 aromatic rings. The van der Waals surface area contributed by atoms with Crippen LogP contribution < -0.4 is 10.2 Å². The molecule has 2 saturated heterocycles.